The van der Waals surface area contributed by atoms with Crippen LogP contribution < -0.4 is 10.1 Å². The molecule has 1 aliphatic carbocycles. The predicted molar refractivity (Wildman–Crippen MR) is 187 cm³/mol. The van der Waals surface area contributed by atoms with E-state index in [1.807, 2.05) is 43.8 Å². The average molecular weight is 638 g/mol. The van der Waals surface area contributed by atoms with Crippen LogP contribution in [-0.4, -0.2) is 67.7 Å². The van der Waals surface area contributed by atoms with E-state index in [2.05, 4.69) is 61.8 Å². The van der Waals surface area contributed by atoms with E-state index in [1.54, 1.807) is 7.11 Å². The van der Waals surface area contributed by atoms with Gasteiger partial charge in [0, 0.05) is 60.3 Å². The number of benzene rings is 2. The molecular weight excluding hydrogens is 598 g/mol. The fourth-order valence-corrected chi connectivity index (χ4v) is 8.69. The van der Waals surface area contributed by atoms with E-state index in [0.29, 0.717) is 29.8 Å². The molecule has 9 rings (SSSR count). The van der Waals surface area contributed by atoms with E-state index in [4.69, 9.17) is 19.7 Å². The standard InChI is InChI=1S/C39H39N7O2/c1-40-35-27-12-13-32(35)45(23-27)39(47)28-17-31-36(34(19-28)48-2)46-22-24-16-29(21-41-20-24)30-11-4-3-8-25(30)9-5-6-15-44-33(38(46)43-31)18-26-10-7-14-42-37(26)44/h3-4,7-8,10-11,14,16-21,27,32,35,40H,5-6,9,12-13,15,22-23H2,1-2H3. The number of likely N-dealkylation sites (N-methyl/N-ethyl adjacent to an activating group) is 1. The Kier molecular flexibility index (Phi) is 7.04. The van der Waals surface area contributed by atoms with Crippen molar-refractivity contribution in [2.24, 2.45) is 5.92 Å². The number of carbonyl (C=O) groups excluding carboxylic acids is 1. The third-order valence-corrected chi connectivity index (χ3v) is 10.9. The zero-order chi connectivity index (χ0) is 32.4. The predicted octanol–water partition coefficient (Wildman–Crippen LogP) is 6.33. The molecule has 2 aliphatic heterocycles. The van der Waals surface area contributed by atoms with Gasteiger partial charge in [-0.2, -0.15) is 0 Å². The monoisotopic (exact) mass is 637 g/mol. The van der Waals surface area contributed by atoms with E-state index in [0.717, 1.165) is 83.5 Å². The normalized spacial score (nSPS) is 20.4. The average Bonchev–Trinajstić information content (AvgIpc) is 3.89. The highest BCUT2D eigenvalue weighted by Gasteiger charge is 2.48. The summed E-state index contributed by atoms with van der Waals surface area (Å²) in [6, 6.07) is 21.7. The molecule has 3 aliphatic rings. The van der Waals surface area contributed by atoms with Crippen molar-refractivity contribution in [2.75, 3.05) is 20.7 Å². The van der Waals surface area contributed by atoms with Gasteiger partial charge in [0.1, 0.15) is 16.9 Å². The van der Waals surface area contributed by atoms with Crippen LogP contribution in [0.5, 0.6) is 5.75 Å². The Hall–Kier alpha value is -5.02. The molecule has 1 saturated carbocycles. The van der Waals surface area contributed by atoms with E-state index >= 15 is 0 Å². The number of nitrogens with zero attached hydrogens (tertiary/aromatic N) is 6. The Morgan fingerprint density at radius 1 is 1.00 bits per heavy atom. The Morgan fingerprint density at radius 2 is 1.92 bits per heavy atom. The van der Waals surface area contributed by atoms with Crippen molar-refractivity contribution in [3.8, 4) is 28.4 Å². The van der Waals surface area contributed by atoms with Gasteiger partial charge in [0.25, 0.3) is 5.91 Å². The van der Waals surface area contributed by atoms with E-state index in [-0.39, 0.29) is 11.9 Å². The zero-order valence-corrected chi connectivity index (χ0v) is 27.4. The first-order chi connectivity index (χ1) is 23.6. The highest BCUT2D eigenvalue weighted by molar-refractivity contribution is 6.00. The SMILES string of the molecule is CNC1C2CCC1N(C(=O)c1cc(OC)c3c(c1)nc1n3Cc3cncc(c3)-c3ccccc3CCCCn3c-1cc1cccnc13)C2. The summed E-state index contributed by atoms with van der Waals surface area (Å²) in [6.07, 6.45) is 11.0. The van der Waals surface area contributed by atoms with Gasteiger partial charge in [-0.05, 0) is 98.2 Å². The molecule has 3 unspecified atom stereocenters. The van der Waals surface area contributed by atoms with Crippen LogP contribution in [0.2, 0.25) is 0 Å². The summed E-state index contributed by atoms with van der Waals surface area (Å²) in [6.45, 7) is 2.14. The highest BCUT2D eigenvalue weighted by Crippen LogP contribution is 2.40. The summed E-state index contributed by atoms with van der Waals surface area (Å²) in [7, 11) is 3.69. The van der Waals surface area contributed by atoms with Crippen molar-refractivity contribution in [1.82, 2.24) is 34.3 Å². The Balaban J connectivity index is 1.24. The van der Waals surface area contributed by atoms with Crippen molar-refractivity contribution in [1.29, 1.82) is 0 Å². The molecule has 6 aromatic rings. The number of hydrogen-bond donors (Lipinski definition) is 1. The number of amides is 1. The maximum absolute atomic E-state index is 14.1. The molecule has 4 bridgehead atoms. The first-order valence-corrected chi connectivity index (χ1v) is 17.1. The number of piperidine rings is 1. The Bertz CT molecular complexity index is 2200. The summed E-state index contributed by atoms with van der Waals surface area (Å²) >= 11 is 0. The topological polar surface area (TPSA) is 90.1 Å². The quantitative estimate of drug-likeness (QED) is 0.244. The van der Waals surface area contributed by atoms with Crippen LogP contribution in [-0.2, 0) is 19.5 Å². The van der Waals surface area contributed by atoms with Crippen molar-refractivity contribution in [2.45, 2.75) is 57.3 Å². The number of pyridine rings is 2. The highest BCUT2D eigenvalue weighted by atomic mass is 16.5. The third kappa shape index (κ3) is 4.63. The van der Waals surface area contributed by atoms with Gasteiger partial charge in [0.05, 0.1) is 24.9 Å². The minimum absolute atomic E-state index is 0.0472. The number of hydrogen-bond acceptors (Lipinski definition) is 6. The van der Waals surface area contributed by atoms with Gasteiger partial charge in [-0.3, -0.25) is 9.78 Å². The van der Waals surface area contributed by atoms with Crippen molar-refractivity contribution >= 4 is 28.0 Å². The molecule has 0 spiro atoms. The number of methoxy groups -OCH3 is 1. The minimum atomic E-state index is 0.0472. The first-order valence-electron chi connectivity index (χ1n) is 17.1. The van der Waals surface area contributed by atoms with Crippen LogP contribution in [0.3, 0.4) is 0 Å². The smallest absolute Gasteiger partial charge is 0.254 e. The molecule has 1 N–H and O–H groups in total. The zero-order valence-electron chi connectivity index (χ0n) is 27.4. The Morgan fingerprint density at radius 3 is 2.79 bits per heavy atom. The molecule has 1 amide bonds. The van der Waals surface area contributed by atoms with Crippen molar-refractivity contribution in [3.63, 3.8) is 0 Å². The number of nitrogens with one attached hydrogen (secondary N) is 1. The van der Waals surface area contributed by atoms with Crippen LogP contribution in [0.15, 0.2) is 79.3 Å². The lowest BCUT2D eigenvalue weighted by molar-refractivity contribution is 0.0698. The maximum Gasteiger partial charge on any atom is 0.254 e. The van der Waals surface area contributed by atoms with E-state index in [9.17, 15) is 4.79 Å². The molecule has 4 aromatic heterocycles. The van der Waals surface area contributed by atoms with Crippen molar-refractivity contribution in [3.05, 3.63) is 95.9 Å². The van der Waals surface area contributed by atoms with Gasteiger partial charge < -0.3 is 24.1 Å². The van der Waals surface area contributed by atoms with Gasteiger partial charge in [-0.25, -0.2) is 9.97 Å². The van der Waals surface area contributed by atoms with Gasteiger partial charge in [0.2, 0.25) is 0 Å². The number of fused-ring (bicyclic) bond motifs is 13. The Labute approximate surface area is 279 Å². The second-order valence-corrected chi connectivity index (χ2v) is 13.5. The van der Waals surface area contributed by atoms with Crippen molar-refractivity contribution < 1.29 is 9.53 Å². The number of rotatable bonds is 3. The fourth-order valence-electron chi connectivity index (χ4n) is 8.69. The largest absolute Gasteiger partial charge is 0.494 e. The van der Waals surface area contributed by atoms with E-state index < -0.39 is 0 Å². The third-order valence-electron chi connectivity index (χ3n) is 10.9. The van der Waals surface area contributed by atoms with Gasteiger partial charge in [-0.15, -0.1) is 0 Å². The first kappa shape index (κ1) is 29.1. The molecule has 9 nitrogen and oxygen atoms in total. The molecule has 242 valence electrons. The molecule has 2 fully saturated rings. The number of carbonyl (C=O) groups is 1. The number of aryl methyl sites for hydroxylation is 2. The summed E-state index contributed by atoms with van der Waals surface area (Å²) in [4.78, 5) is 31.0. The molecule has 6 heterocycles. The molecule has 3 atom stereocenters. The van der Waals surface area contributed by atoms with Crippen LogP contribution in [0.25, 0.3) is 44.7 Å². The summed E-state index contributed by atoms with van der Waals surface area (Å²) in [5.41, 5.74) is 8.92. The molecule has 1 saturated heterocycles. The van der Waals surface area contributed by atoms with Crippen LogP contribution >= 0.6 is 0 Å². The lowest BCUT2D eigenvalue weighted by Crippen LogP contribution is -2.42. The van der Waals surface area contributed by atoms with Crippen LogP contribution in [0.1, 0.15) is 47.2 Å². The lowest BCUT2D eigenvalue weighted by atomic mass is 9.96. The molecule has 48 heavy (non-hydrogen) atoms. The molecule has 0 radical (unpaired) electrons. The summed E-state index contributed by atoms with van der Waals surface area (Å²) in [5.74, 6) is 2.01. The molecule has 2 aromatic carbocycles. The molecule has 9 heteroatoms. The maximum atomic E-state index is 14.1. The van der Waals surface area contributed by atoms with Gasteiger partial charge in [0.15, 0.2) is 5.82 Å². The van der Waals surface area contributed by atoms with Gasteiger partial charge in [-0.1, -0.05) is 24.3 Å². The summed E-state index contributed by atoms with van der Waals surface area (Å²) in [5, 5.41) is 4.55. The second kappa shape index (κ2) is 11.6. The number of imidazole rings is 1. The fraction of sp³-hybridized carbons (Fsp3) is 0.333. The number of aromatic nitrogens is 5. The molecular formula is C39H39N7O2. The number of likely N-dealkylation sites (tertiary alicyclic amines) is 1. The summed E-state index contributed by atoms with van der Waals surface area (Å²) < 4.78 is 10.6. The number of ether oxygens (including phenoxy) is 1. The minimum Gasteiger partial charge on any atom is -0.494 e. The second-order valence-electron chi connectivity index (χ2n) is 13.5. The van der Waals surface area contributed by atoms with Gasteiger partial charge >= 0.3 is 0 Å². The lowest BCUT2D eigenvalue weighted by Gasteiger charge is -2.27. The van der Waals surface area contributed by atoms with Crippen LogP contribution in [0.4, 0.5) is 0 Å². The van der Waals surface area contributed by atoms with Crippen LogP contribution in [0, 0.1) is 5.92 Å². The van der Waals surface area contributed by atoms with E-state index in [1.165, 1.54) is 17.5 Å².